The second kappa shape index (κ2) is 6.31. The number of aryl methyl sites for hydroxylation is 2. The molecule has 7 heteroatoms. The molecule has 1 atom stereocenters. The minimum absolute atomic E-state index is 0.0276. The van der Waals surface area contributed by atoms with Crippen LogP contribution in [0.4, 0.5) is 0 Å². The summed E-state index contributed by atoms with van der Waals surface area (Å²) in [4.78, 5) is 19.7. The van der Waals surface area contributed by atoms with Crippen molar-refractivity contribution < 1.29 is 4.79 Å². The lowest BCUT2D eigenvalue weighted by Gasteiger charge is -2.35. The second-order valence-corrected chi connectivity index (χ2v) is 6.74. The van der Waals surface area contributed by atoms with E-state index in [1.165, 1.54) is 0 Å². The summed E-state index contributed by atoms with van der Waals surface area (Å²) in [5.41, 5.74) is 3.10. The van der Waals surface area contributed by atoms with E-state index in [-0.39, 0.29) is 11.9 Å². The predicted molar refractivity (Wildman–Crippen MR) is 93.4 cm³/mol. The molecule has 1 aliphatic rings. The molecule has 0 radical (unpaired) electrons. The normalized spacial score (nSPS) is 18.0. The van der Waals surface area contributed by atoms with Gasteiger partial charge in [0.1, 0.15) is 5.56 Å². The number of hydrogen-bond donors (Lipinski definition) is 0. The van der Waals surface area contributed by atoms with E-state index in [1.54, 1.807) is 10.7 Å². The van der Waals surface area contributed by atoms with Gasteiger partial charge in [0.15, 0.2) is 5.65 Å². The average Bonchev–Trinajstić information content (AvgIpc) is 3.16. The van der Waals surface area contributed by atoms with E-state index in [1.807, 2.05) is 48.1 Å². The van der Waals surface area contributed by atoms with Gasteiger partial charge in [-0.05, 0) is 44.7 Å². The van der Waals surface area contributed by atoms with Crippen molar-refractivity contribution in [2.24, 2.45) is 0 Å². The molecule has 0 aliphatic carbocycles. The first kappa shape index (κ1) is 15.8. The number of nitrogens with zero attached hydrogens (tertiary/aromatic N) is 6. The van der Waals surface area contributed by atoms with Crippen LogP contribution in [-0.4, -0.2) is 47.8 Å². The van der Waals surface area contributed by atoms with Gasteiger partial charge in [0.25, 0.3) is 5.91 Å². The first-order chi connectivity index (χ1) is 12.1. The van der Waals surface area contributed by atoms with Crippen molar-refractivity contribution in [3.63, 3.8) is 0 Å². The van der Waals surface area contributed by atoms with Crippen molar-refractivity contribution >= 4 is 11.6 Å². The smallest absolute Gasteiger partial charge is 0.259 e. The number of amides is 1. The van der Waals surface area contributed by atoms with Gasteiger partial charge >= 0.3 is 0 Å². The number of carbonyl (C=O) groups is 1. The van der Waals surface area contributed by atoms with Crippen LogP contribution < -0.4 is 0 Å². The third-order valence-corrected chi connectivity index (χ3v) is 4.83. The molecule has 1 saturated heterocycles. The van der Waals surface area contributed by atoms with Gasteiger partial charge in [-0.15, -0.1) is 0 Å². The van der Waals surface area contributed by atoms with Crippen LogP contribution in [0.15, 0.2) is 30.9 Å². The van der Waals surface area contributed by atoms with E-state index >= 15 is 0 Å². The highest BCUT2D eigenvalue weighted by Crippen LogP contribution is 2.24. The lowest BCUT2D eigenvalue weighted by Crippen LogP contribution is -2.46. The molecule has 0 N–H and O–H groups in total. The summed E-state index contributed by atoms with van der Waals surface area (Å²) in [6.45, 7) is 5.40. The second-order valence-electron chi connectivity index (χ2n) is 6.74. The van der Waals surface area contributed by atoms with Crippen LogP contribution in [0.1, 0.15) is 40.9 Å². The van der Waals surface area contributed by atoms with Crippen molar-refractivity contribution in [1.29, 1.82) is 0 Å². The Morgan fingerprint density at radius 2 is 2.20 bits per heavy atom. The van der Waals surface area contributed by atoms with Crippen LogP contribution in [0.3, 0.4) is 0 Å². The standard InChI is InChI=1S/C18H22N6O/c1-13-10-20-22(11-13)12-15-6-3-4-8-23(15)18(25)16-14(2)21-24-9-5-7-19-17(16)24/h5,7,9-11,15H,3-4,6,8,12H2,1-2H3. The number of fused-ring (bicyclic) bond motifs is 1. The highest BCUT2D eigenvalue weighted by molar-refractivity contribution is 6.01. The van der Waals surface area contributed by atoms with E-state index in [0.717, 1.165) is 43.6 Å². The highest BCUT2D eigenvalue weighted by atomic mass is 16.2. The molecule has 1 unspecified atom stereocenters. The molecule has 7 nitrogen and oxygen atoms in total. The maximum absolute atomic E-state index is 13.3. The van der Waals surface area contributed by atoms with Crippen LogP contribution >= 0.6 is 0 Å². The zero-order chi connectivity index (χ0) is 17.4. The fourth-order valence-electron chi connectivity index (χ4n) is 3.63. The van der Waals surface area contributed by atoms with Gasteiger partial charge in [0.2, 0.25) is 0 Å². The predicted octanol–water partition coefficient (Wildman–Crippen LogP) is 2.24. The average molecular weight is 338 g/mol. The molecule has 1 aliphatic heterocycles. The molecule has 0 bridgehead atoms. The molecule has 1 fully saturated rings. The summed E-state index contributed by atoms with van der Waals surface area (Å²) < 4.78 is 3.62. The van der Waals surface area contributed by atoms with Crippen molar-refractivity contribution in [2.75, 3.05) is 6.54 Å². The third-order valence-electron chi connectivity index (χ3n) is 4.83. The molecule has 25 heavy (non-hydrogen) atoms. The van der Waals surface area contributed by atoms with Crippen molar-refractivity contribution in [3.8, 4) is 0 Å². The van der Waals surface area contributed by atoms with Crippen LogP contribution in [0.25, 0.3) is 5.65 Å². The van der Waals surface area contributed by atoms with Crippen molar-refractivity contribution in [1.82, 2.24) is 29.3 Å². The van der Waals surface area contributed by atoms with Gasteiger partial charge in [-0.25, -0.2) is 9.50 Å². The lowest BCUT2D eigenvalue weighted by atomic mass is 10.0. The molecule has 0 saturated carbocycles. The molecule has 1 amide bonds. The first-order valence-electron chi connectivity index (χ1n) is 8.73. The Labute approximate surface area is 146 Å². The zero-order valence-electron chi connectivity index (χ0n) is 14.6. The molecule has 3 aromatic rings. The van der Waals surface area contributed by atoms with Crippen LogP contribution in [0, 0.1) is 13.8 Å². The van der Waals surface area contributed by atoms with Gasteiger partial charge in [0, 0.05) is 25.1 Å². The Hall–Kier alpha value is -2.70. The van der Waals surface area contributed by atoms with Gasteiger partial charge < -0.3 is 4.90 Å². The number of likely N-dealkylation sites (tertiary alicyclic amines) is 1. The summed E-state index contributed by atoms with van der Waals surface area (Å²) in [6, 6.07) is 1.97. The van der Waals surface area contributed by atoms with E-state index in [9.17, 15) is 4.79 Å². The number of hydrogen-bond acceptors (Lipinski definition) is 4. The first-order valence-corrected chi connectivity index (χ1v) is 8.73. The minimum atomic E-state index is 0.0276. The number of rotatable bonds is 3. The van der Waals surface area contributed by atoms with Gasteiger partial charge in [0.05, 0.1) is 24.5 Å². The fraction of sp³-hybridized carbons (Fsp3) is 0.444. The molecule has 130 valence electrons. The quantitative estimate of drug-likeness (QED) is 0.734. The summed E-state index contributed by atoms with van der Waals surface area (Å²) >= 11 is 0. The largest absolute Gasteiger partial charge is 0.334 e. The molecule has 4 rings (SSSR count). The summed E-state index contributed by atoms with van der Waals surface area (Å²) in [6.07, 6.45) is 10.6. The van der Waals surface area contributed by atoms with Crippen LogP contribution in [-0.2, 0) is 6.54 Å². The van der Waals surface area contributed by atoms with E-state index < -0.39 is 0 Å². The molecule has 4 heterocycles. The summed E-state index contributed by atoms with van der Waals surface area (Å²) in [7, 11) is 0. The Morgan fingerprint density at radius 3 is 3.00 bits per heavy atom. The van der Waals surface area contributed by atoms with Gasteiger partial charge in [-0.1, -0.05) is 0 Å². The third kappa shape index (κ3) is 2.90. The molecule has 0 aromatic carbocycles. The Morgan fingerprint density at radius 1 is 1.32 bits per heavy atom. The maximum Gasteiger partial charge on any atom is 0.259 e. The zero-order valence-corrected chi connectivity index (χ0v) is 14.6. The van der Waals surface area contributed by atoms with E-state index in [4.69, 9.17) is 0 Å². The highest BCUT2D eigenvalue weighted by Gasteiger charge is 2.31. The van der Waals surface area contributed by atoms with E-state index in [2.05, 4.69) is 15.2 Å². The summed E-state index contributed by atoms with van der Waals surface area (Å²) in [5, 5.41) is 8.81. The summed E-state index contributed by atoms with van der Waals surface area (Å²) in [5.74, 6) is 0.0276. The molecule has 0 spiro atoms. The molecule has 3 aromatic heterocycles. The Bertz CT molecular complexity index is 911. The Balaban J connectivity index is 1.65. The van der Waals surface area contributed by atoms with Gasteiger partial charge in [-0.3, -0.25) is 9.48 Å². The number of aromatic nitrogens is 5. The van der Waals surface area contributed by atoms with E-state index in [0.29, 0.717) is 11.2 Å². The molecular weight excluding hydrogens is 316 g/mol. The molecular formula is C18H22N6O. The topological polar surface area (TPSA) is 68.3 Å². The van der Waals surface area contributed by atoms with Gasteiger partial charge in [-0.2, -0.15) is 10.2 Å². The van der Waals surface area contributed by atoms with Crippen LogP contribution in [0.5, 0.6) is 0 Å². The fourth-order valence-corrected chi connectivity index (χ4v) is 3.63. The SMILES string of the molecule is Cc1cnn(CC2CCCCN2C(=O)c2c(C)nn3cccnc23)c1. The number of piperidine rings is 1. The van der Waals surface area contributed by atoms with Crippen molar-refractivity contribution in [3.05, 3.63) is 47.7 Å². The Kier molecular flexibility index (Phi) is 3.99. The number of carbonyl (C=O) groups excluding carboxylic acids is 1. The monoisotopic (exact) mass is 338 g/mol. The van der Waals surface area contributed by atoms with Crippen molar-refractivity contribution in [2.45, 2.75) is 45.7 Å². The van der Waals surface area contributed by atoms with Crippen LogP contribution in [0.2, 0.25) is 0 Å². The maximum atomic E-state index is 13.3. The lowest BCUT2D eigenvalue weighted by molar-refractivity contribution is 0.0585. The minimum Gasteiger partial charge on any atom is -0.334 e.